The molecule has 600 valence electrons. The Morgan fingerprint density at radius 2 is 1.10 bits per heavy atom. The van der Waals surface area contributed by atoms with Crippen LogP contribution in [0.1, 0.15) is 130 Å². The van der Waals surface area contributed by atoms with Gasteiger partial charge < -0.3 is 47.0 Å². The minimum absolute atomic E-state index is 0.145. The molecular formula is C105H101N8O7+3. The maximum atomic E-state index is 9.98. The van der Waals surface area contributed by atoms with Crippen LogP contribution in [0.25, 0.3) is 133 Å². The van der Waals surface area contributed by atoms with Gasteiger partial charge in [-0.05, 0) is 180 Å². The van der Waals surface area contributed by atoms with E-state index in [1.165, 1.54) is 122 Å². The Bertz CT molecular complexity index is 7370. The number of imidazole rings is 1. The molecule has 0 spiro atoms. The molecule has 1 unspecified atom stereocenters. The molecule has 1 aliphatic carbocycles. The molecule has 15 nitrogen and oxygen atoms in total. The van der Waals surface area contributed by atoms with Crippen molar-refractivity contribution in [3.63, 3.8) is 0 Å². The molecule has 0 saturated carbocycles. The monoisotopic (exact) mass is 1590 g/mol. The molecule has 11 heterocycles. The number of aliphatic hydroxyl groups is 2. The topological polar surface area (TPSA) is 133 Å². The number of nitrogens with zero attached hydrogens (tertiary/aromatic N) is 8. The zero-order valence-electron chi connectivity index (χ0n) is 70.6. The third-order valence-corrected chi connectivity index (χ3v) is 26.2. The minimum Gasteiger partial charge on any atom is -0.456 e. The highest BCUT2D eigenvalue weighted by Crippen LogP contribution is 2.54. The van der Waals surface area contributed by atoms with Gasteiger partial charge in [-0.2, -0.15) is 9.14 Å². The molecule has 4 aliphatic heterocycles. The molecule has 22 rings (SSSR count). The van der Waals surface area contributed by atoms with Gasteiger partial charge in [-0.15, -0.1) is 0 Å². The summed E-state index contributed by atoms with van der Waals surface area (Å²) in [6.07, 6.45) is 21.3. The molecule has 2 N–H and O–H groups in total. The largest absolute Gasteiger partial charge is 0.456 e. The fraction of sp³-hybridized carbons (Fsp3) is 0.248. The van der Waals surface area contributed by atoms with Gasteiger partial charge in [-0.3, -0.25) is 4.90 Å². The zero-order chi connectivity index (χ0) is 82.5. The average molecular weight is 1590 g/mol. The Hall–Kier alpha value is -13.0. The molecule has 15 heteroatoms. The Morgan fingerprint density at radius 1 is 0.500 bits per heavy atom. The Kier molecular flexibility index (Phi) is 18.3. The quantitative estimate of drug-likeness (QED) is 0.114. The van der Waals surface area contributed by atoms with Crippen LogP contribution in [0.15, 0.2) is 283 Å². The maximum absolute atomic E-state index is 9.98. The second-order valence-electron chi connectivity index (χ2n) is 34.6. The molecule has 0 amide bonds. The summed E-state index contributed by atoms with van der Waals surface area (Å²) in [7, 11) is 4.22. The van der Waals surface area contributed by atoms with Gasteiger partial charge in [0, 0.05) is 168 Å². The maximum Gasteiger partial charge on any atom is 0.282 e. The molecule has 0 radical (unpaired) electrons. The van der Waals surface area contributed by atoms with Crippen molar-refractivity contribution in [1.29, 1.82) is 0 Å². The number of ether oxygens (including phenoxy) is 1. The number of pyridine rings is 1. The number of allylic oxidation sites excluding steroid dienone is 9. The summed E-state index contributed by atoms with van der Waals surface area (Å²) in [6, 6.07) is 69.7. The van der Waals surface area contributed by atoms with Gasteiger partial charge >= 0.3 is 0 Å². The van der Waals surface area contributed by atoms with Crippen molar-refractivity contribution < 1.29 is 46.3 Å². The first kappa shape index (κ1) is 75.8. The van der Waals surface area contributed by atoms with E-state index < -0.39 is 0 Å². The molecule has 0 saturated heterocycles. The van der Waals surface area contributed by atoms with Gasteiger partial charge in [-0.1, -0.05) is 132 Å². The van der Waals surface area contributed by atoms with E-state index in [0.29, 0.717) is 17.6 Å². The summed E-state index contributed by atoms with van der Waals surface area (Å²) in [6.45, 7) is 28.8. The fourth-order valence-corrected chi connectivity index (χ4v) is 20.5. The highest BCUT2D eigenvalue weighted by molar-refractivity contribution is 6.12. The lowest BCUT2D eigenvalue weighted by molar-refractivity contribution is -0.707. The number of hydrogen-bond donors (Lipinski definition) is 2. The SMILES string of the molecule is CCC1C(=CC=Cc2n(CC)c3cc4c(cc3[n+]2CC)oc2ccccc24)N(CC)c2cc3c(cc21)oc1ccccc13.CCN1C(=CC2=CC(=CC3=[N+](C)c4cc5c(cc4C3(C)C)oc3ccccc35)CC(C)(C)C2)C(C)(C)c2cc3oc4ccccc4c3cc21.Cn1ccc2cc3c(cc21)OC(=Cc1ccc2ccccc2[n+]1CO)N3CO. The first-order valence-corrected chi connectivity index (χ1v) is 42.5. The summed E-state index contributed by atoms with van der Waals surface area (Å²) < 4.78 is 42.4. The first-order valence-electron chi connectivity index (χ1n) is 42.5. The molecule has 10 aromatic carbocycles. The van der Waals surface area contributed by atoms with E-state index in [1.54, 1.807) is 9.47 Å². The molecule has 1 atom stereocenters. The number of hydrogen-bond acceptors (Lipinski definition) is 10. The number of aromatic nitrogens is 4. The average Bonchev–Trinajstić information content (AvgIpc) is 1.57. The lowest BCUT2D eigenvalue weighted by atomic mass is 9.73. The summed E-state index contributed by atoms with van der Waals surface area (Å²) >= 11 is 0. The van der Waals surface area contributed by atoms with E-state index >= 15 is 0 Å². The molecule has 120 heavy (non-hydrogen) atoms. The van der Waals surface area contributed by atoms with E-state index in [9.17, 15) is 10.2 Å². The van der Waals surface area contributed by atoms with Crippen molar-refractivity contribution in [3.8, 4) is 5.75 Å². The number of furan rings is 4. The van der Waals surface area contributed by atoms with Crippen molar-refractivity contribution >= 4 is 161 Å². The van der Waals surface area contributed by atoms with E-state index in [2.05, 4.69) is 258 Å². The third-order valence-electron chi connectivity index (χ3n) is 26.2. The number of rotatable bonds is 12. The number of aryl methyl sites for hydroxylation is 3. The Morgan fingerprint density at radius 3 is 1.73 bits per heavy atom. The van der Waals surface area contributed by atoms with Crippen molar-refractivity contribution in [2.24, 2.45) is 12.5 Å². The predicted molar refractivity (Wildman–Crippen MR) is 490 cm³/mol. The highest BCUT2D eigenvalue weighted by atomic mass is 16.5. The molecular weight excluding hydrogens is 1490 g/mol. The first-order chi connectivity index (χ1) is 58.2. The van der Waals surface area contributed by atoms with Crippen LogP contribution in [-0.2, 0) is 37.7 Å². The second-order valence-corrected chi connectivity index (χ2v) is 34.6. The standard InChI is InChI=1S/C45H45N2O2.C38H36N3O2.C22H20N3O3/c1-9-47-36-22-32-30-15-11-13-17-38(30)49-40(32)24-34(36)45(6,7)42(47)20-28-18-27(25-43(2,3)26-28)19-41-44(4,5)33-23-39-31(21-35(33)46(41)8)29-14-10-12-16-37(29)48-39;1-5-24-27-22-36-28(25-14-9-11-17-34(25)42-36)20-31(27)39(6-2)30(24)16-13-19-38-40(7-3)32-21-29-26-15-10-12-18-35(26)43-37(29)23-33(32)41(38)8-4;1-23-9-8-16-10-20-21(12-19(16)23)28-22(25(20)14-27)11-17-7-6-15-4-2-3-5-18(15)24(17)13-26/h10-24H,9,25-26H2,1-8H3;9-24H,5-8H2,1-4H3;2-12,26-27H,13-14H2,1H3/q3*+1. The van der Waals surface area contributed by atoms with Crippen molar-refractivity contribution in [2.45, 2.75) is 132 Å². The number of likely N-dealkylation sites (N-methyl/N-ethyl adjacent to an activating group) is 2. The molecule has 0 bridgehead atoms. The number of benzene rings is 10. The van der Waals surface area contributed by atoms with Gasteiger partial charge in [0.1, 0.15) is 58.4 Å². The van der Waals surface area contributed by atoms with Crippen molar-refractivity contribution in [1.82, 2.24) is 9.13 Å². The van der Waals surface area contributed by atoms with Gasteiger partial charge in [0.05, 0.1) is 35.8 Å². The van der Waals surface area contributed by atoms with Crippen LogP contribution in [0.2, 0.25) is 0 Å². The van der Waals surface area contributed by atoms with Gasteiger partial charge in [0.2, 0.25) is 22.8 Å². The van der Waals surface area contributed by atoms with Crippen LogP contribution in [0, 0.1) is 5.41 Å². The summed E-state index contributed by atoms with van der Waals surface area (Å²) in [4.78, 5) is 6.73. The second kappa shape index (κ2) is 29.0. The van der Waals surface area contributed by atoms with Crippen LogP contribution in [0.3, 0.4) is 0 Å². The van der Waals surface area contributed by atoms with Gasteiger partial charge in [-0.25, -0.2) is 9.13 Å². The minimum atomic E-state index is -0.204. The number of anilines is 3. The van der Waals surface area contributed by atoms with Crippen molar-refractivity contribution in [2.75, 3.05) is 41.6 Å². The summed E-state index contributed by atoms with van der Waals surface area (Å²) in [5.74, 6) is 2.74. The van der Waals surface area contributed by atoms with E-state index in [0.717, 1.165) is 123 Å². The van der Waals surface area contributed by atoms with Crippen molar-refractivity contribution in [3.05, 3.63) is 293 Å². The van der Waals surface area contributed by atoms with E-state index in [4.69, 9.17) is 22.4 Å². The summed E-state index contributed by atoms with van der Waals surface area (Å²) in [5.41, 5.74) is 28.2. The lowest BCUT2D eigenvalue weighted by Crippen LogP contribution is -2.38. The number of fused-ring (bicyclic) bond motifs is 19. The van der Waals surface area contributed by atoms with E-state index in [-0.39, 0.29) is 29.7 Å². The summed E-state index contributed by atoms with van der Waals surface area (Å²) in [5, 5.41) is 31.5. The normalized spacial score (nSPS) is 18.0. The fourth-order valence-electron chi connectivity index (χ4n) is 20.5. The predicted octanol–water partition coefficient (Wildman–Crippen LogP) is 24.3. The van der Waals surface area contributed by atoms with Crippen LogP contribution in [-0.4, -0.2) is 56.5 Å². The highest BCUT2D eigenvalue weighted by Gasteiger charge is 2.46. The van der Waals surface area contributed by atoms with Crippen LogP contribution in [0.5, 0.6) is 5.75 Å². The number of aliphatic hydroxyl groups excluding tert-OH is 2. The Labute approximate surface area is 697 Å². The van der Waals surface area contributed by atoms with Crippen LogP contribution in [0.4, 0.5) is 22.7 Å². The molecule has 0 fully saturated rings. The molecule has 17 aromatic rings. The third kappa shape index (κ3) is 12.1. The number of para-hydroxylation sites is 5. The van der Waals surface area contributed by atoms with Gasteiger partial charge in [0.25, 0.3) is 12.6 Å². The molecule has 5 aliphatic rings. The van der Waals surface area contributed by atoms with Gasteiger partial charge in [0.15, 0.2) is 22.5 Å². The van der Waals surface area contributed by atoms with Crippen LogP contribution >= 0.6 is 0 Å². The van der Waals surface area contributed by atoms with Crippen LogP contribution < -0.4 is 28.6 Å². The van der Waals surface area contributed by atoms with E-state index in [1.807, 2.05) is 109 Å². The molecule has 7 aromatic heterocycles. The zero-order valence-corrected chi connectivity index (χ0v) is 70.6. The lowest BCUT2D eigenvalue weighted by Gasteiger charge is -2.33. The Balaban J connectivity index is 0.000000119. The smallest absolute Gasteiger partial charge is 0.282 e.